The van der Waals surface area contributed by atoms with Crippen LogP contribution in [0.1, 0.15) is 42.4 Å². The highest BCUT2D eigenvalue weighted by Gasteiger charge is 2.45. The van der Waals surface area contributed by atoms with E-state index in [9.17, 15) is 15.0 Å². The van der Waals surface area contributed by atoms with Crippen LogP contribution >= 0.6 is 0 Å². The second-order valence-corrected chi connectivity index (χ2v) is 10.0. The number of imidazole rings is 1. The SMILES string of the molecule is Cc1ccc(C2(c3nc(NC4CCOC4)c4ncn([C@@H]5O[C@@H](CCC(N)=O)[C@@H](O)[C@H]5O)c4n3)C=NN=N2)cc1. The van der Waals surface area contributed by atoms with Crippen molar-refractivity contribution in [1.82, 2.24) is 19.5 Å². The van der Waals surface area contributed by atoms with Crippen molar-refractivity contribution in [2.75, 3.05) is 18.5 Å². The molecular weight excluding hydrogens is 506 g/mol. The summed E-state index contributed by atoms with van der Waals surface area (Å²) in [5.41, 5.74) is 6.75. The summed E-state index contributed by atoms with van der Waals surface area (Å²) in [6, 6.07) is 7.80. The highest BCUT2D eigenvalue weighted by Crippen LogP contribution is 2.38. The van der Waals surface area contributed by atoms with Gasteiger partial charge in [0.25, 0.3) is 0 Å². The van der Waals surface area contributed by atoms with Crippen LogP contribution in [-0.2, 0) is 19.8 Å². The fourth-order valence-electron chi connectivity index (χ4n) is 5.10. The van der Waals surface area contributed by atoms with Crippen molar-refractivity contribution in [3.63, 3.8) is 0 Å². The third kappa shape index (κ3) is 4.54. The summed E-state index contributed by atoms with van der Waals surface area (Å²) in [4.78, 5) is 25.5. The van der Waals surface area contributed by atoms with Crippen LogP contribution in [0.4, 0.5) is 5.82 Å². The van der Waals surface area contributed by atoms with E-state index in [1.165, 1.54) is 6.33 Å². The molecule has 1 aromatic carbocycles. The quantitative estimate of drug-likeness (QED) is 0.324. The van der Waals surface area contributed by atoms with Gasteiger partial charge in [-0.25, -0.2) is 15.0 Å². The highest BCUT2D eigenvalue weighted by molar-refractivity contribution is 5.85. The molecule has 2 unspecified atom stereocenters. The summed E-state index contributed by atoms with van der Waals surface area (Å²) in [6.07, 6.45) is -0.275. The Morgan fingerprint density at radius 3 is 2.74 bits per heavy atom. The van der Waals surface area contributed by atoms with Crippen LogP contribution in [0.25, 0.3) is 11.2 Å². The number of carbonyl (C=O) groups is 1. The Bertz CT molecular complexity index is 1420. The number of anilines is 1. The van der Waals surface area contributed by atoms with Crippen molar-refractivity contribution < 1.29 is 24.5 Å². The van der Waals surface area contributed by atoms with Gasteiger partial charge in [-0.05, 0) is 30.6 Å². The van der Waals surface area contributed by atoms with Gasteiger partial charge in [0.05, 0.1) is 31.3 Å². The van der Waals surface area contributed by atoms with Gasteiger partial charge in [-0.3, -0.25) is 9.36 Å². The number of amides is 1. The summed E-state index contributed by atoms with van der Waals surface area (Å²) >= 11 is 0. The molecule has 6 atom stereocenters. The van der Waals surface area contributed by atoms with Gasteiger partial charge >= 0.3 is 0 Å². The lowest BCUT2D eigenvalue weighted by atomic mass is 9.90. The number of aliphatic hydroxyl groups excluding tert-OH is 2. The number of aliphatic hydroxyl groups is 2. The molecular formula is C25H29N9O5. The number of primary amides is 1. The number of fused-ring (bicyclic) bond motifs is 1. The van der Waals surface area contributed by atoms with Gasteiger partial charge in [-0.2, -0.15) is 0 Å². The lowest BCUT2D eigenvalue weighted by molar-refractivity contribution is -0.119. The fraction of sp³-hybridized carbons (Fsp3) is 0.480. The van der Waals surface area contributed by atoms with Crippen molar-refractivity contribution in [2.45, 2.75) is 62.3 Å². The topological polar surface area (TPSA) is 195 Å². The molecule has 204 valence electrons. The molecule has 5 heterocycles. The second kappa shape index (κ2) is 10.0. The molecule has 6 rings (SSSR count). The molecule has 0 spiro atoms. The van der Waals surface area contributed by atoms with Crippen LogP contribution in [0.3, 0.4) is 0 Å². The molecule has 0 bridgehead atoms. The number of aryl methyl sites for hydroxylation is 1. The maximum atomic E-state index is 11.3. The first-order chi connectivity index (χ1) is 18.9. The summed E-state index contributed by atoms with van der Waals surface area (Å²) in [5.74, 6) is 0.240. The zero-order valence-electron chi connectivity index (χ0n) is 21.2. The minimum absolute atomic E-state index is 0.0130. The standard InChI is InChI=1S/C25H29N9O5/c1-13-2-4-14(5-3-13)25(11-28-33-32-25)24-30-21(29-15-8-9-38-10-15)18-22(31-24)34(12-27-18)23-20(37)19(36)16(39-23)6-7-17(26)35/h2-5,11-12,15-16,19-20,23,36-37H,6-10H2,1H3,(H2,26,35)(H,29,30,31)/t15?,16-,19+,20+,23+,25?/m0/s1. The van der Waals surface area contributed by atoms with Crippen LogP contribution in [0, 0.1) is 6.92 Å². The molecule has 3 aromatic rings. The minimum Gasteiger partial charge on any atom is -0.388 e. The summed E-state index contributed by atoms with van der Waals surface area (Å²) in [5, 5.41) is 37.3. The molecule has 0 radical (unpaired) electrons. The maximum absolute atomic E-state index is 11.3. The number of rotatable bonds is 8. The summed E-state index contributed by atoms with van der Waals surface area (Å²) in [6.45, 7) is 3.14. The van der Waals surface area contributed by atoms with Crippen molar-refractivity contribution in [3.05, 3.63) is 47.5 Å². The van der Waals surface area contributed by atoms with E-state index in [1.54, 1.807) is 10.8 Å². The van der Waals surface area contributed by atoms with Crippen LogP contribution < -0.4 is 11.1 Å². The van der Waals surface area contributed by atoms with E-state index < -0.39 is 36.0 Å². The van der Waals surface area contributed by atoms with Gasteiger partial charge in [0.2, 0.25) is 11.4 Å². The van der Waals surface area contributed by atoms with Crippen LogP contribution in [0.15, 0.2) is 46.0 Å². The van der Waals surface area contributed by atoms with E-state index >= 15 is 0 Å². The number of aromatic nitrogens is 4. The Hall–Kier alpha value is -3.85. The van der Waals surface area contributed by atoms with Crippen LogP contribution in [-0.4, -0.2) is 79.4 Å². The van der Waals surface area contributed by atoms with Gasteiger partial charge in [0.15, 0.2) is 29.0 Å². The highest BCUT2D eigenvalue weighted by atomic mass is 16.6. The predicted molar refractivity (Wildman–Crippen MR) is 138 cm³/mol. The second-order valence-electron chi connectivity index (χ2n) is 10.0. The molecule has 0 saturated carbocycles. The molecule has 0 aliphatic carbocycles. The molecule has 39 heavy (non-hydrogen) atoms. The van der Waals surface area contributed by atoms with Gasteiger partial charge in [-0.15, -0.1) is 10.2 Å². The number of hydrogen-bond acceptors (Lipinski definition) is 12. The fourth-order valence-corrected chi connectivity index (χ4v) is 5.10. The Morgan fingerprint density at radius 1 is 1.23 bits per heavy atom. The van der Waals surface area contributed by atoms with E-state index in [0.29, 0.717) is 36.0 Å². The summed E-state index contributed by atoms with van der Waals surface area (Å²) < 4.78 is 13.1. The molecule has 2 fully saturated rings. The van der Waals surface area contributed by atoms with E-state index in [-0.39, 0.29) is 18.9 Å². The average molecular weight is 536 g/mol. The van der Waals surface area contributed by atoms with Crippen LogP contribution in [0.2, 0.25) is 0 Å². The number of hydrogen-bond donors (Lipinski definition) is 4. The van der Waals surface area contributed by atoms with Crippen LogP contribution in [0.5, 0.6) is 0 Å². The lowest BCUT2D eigenvalue weighted by Gasteiger charge is -2.23. The average Bonchev–Trinajstić information content (AvgIpc) is 3.73. The largest absolute Gasteiger partial charge is 0.388 e. The number of nitrogens with one attached hydrogen (secondary N) is 1. The first-order valence-corrected chi connectivity index (χ1v) is 12.8. The van der Waals surface area contributed by atoms with E-state index in [0.717, 1.165) is 17.5 Å². The molecule has 3 aliphatic rings. The minimum atomic E-state index is -1.29. The molecule has 5 N–H and O–H groups in total. The predicted octanol–water partition coefficient (Wildman–Crippen LogP) is 0.915. The lowest BCUT2D eigenvalue weighted by Crippen LogP contribution is -2.32. The first kappa shape index (κ1) is 25.4. The molecule has 1 amide bonds. The Kier molecular flexibility index (Phi) is 6.54. The van der Waals surface area contributed by atoms with Gasteiger partial charge in [0.1, 0.15) is 12.2 Å². The number of carbonyl (C=O) groups excluding carboxylic acids is 1. The number of ether oxygens (including phenoxy) is 2. The van der Waals surface area contributed by atoms with E-state index in [1.807, 2.05) is 31.2 Å². The maximum Gasteiger partial charge on any atom is 0.217 e. The molecule has 2 aromatic heterocycles. The third-order valence-electron chi connectivity index (χ3n) is 7.31. The Labute approximate surface area is 223 Å². The van der Waals surface area contributed by atoms with Gasteiger partial charge < -0.3 is 30.7 Å². The van der Waals surface area contributed by atoms with Crippen molar-refractivity contribution in [2.24, 2.45) is 21.2 Å². The van der Waals surface area contributed by atoms with Gasteiger partial charge in [0, 0.05) is 13.0 Å². The van der Waals surface area contributed by atoms with E-state index in [4.69, 9.17) is 25.2 Å². The van der Waals surface area contributed by atoms with Crippen molar-refractivity contribution in [3.8, 4) is 0 Å². The molecule has 14 heteroatoms. The molecule has 14 nitrogen and oxygen atoms in total. The van der Waals surface area contributed by atoms with Crippen molar-refractivity contribution >= 4 is 29.1 Å². The van der Waals surface area contributed by atoms with Gasteiger partial charge in [-0.1, -0.05) is 29.8 Å². The monoisotopic (exact) mass is 535 g/mol. The zero-order valence-corrected chi connectivity index (χ0v) is 21.2. The number of nitrogens with two attached hydrogens (primary N) is 1. The first-order valence-electron chi connectivity index (χ1n) is 12.8. The number of nitrogens with zero attached hydrogens (tertiary/aromatic N) is 7. The van der Waals surface area contributed by atoms with E-state index in [2.05, 4.69) is 25.7 Å². The summed E-state index contributed by atoms with van der Waals surface area (Å²) in [7, 11) is 0. The molecule has 3 aliphatic heterocycles. The molecule has 2 saturated heterocycles. The Morgan fingerprint density at radius 2 is 2.05 bits per heavy atom. The Balaban J connectivity index is 1.46. The van der Waals surface area contributed by atoms with Crippen molar-refractivity contribution in [1.29, 1.82) is 0 Å². The third-order valence-corrected chi connectivity index (χ3v) is 7.31. The number of benzene rings is 1. The smallest absolute Gasteiger partial charge is 0.217 e. The zero-order chi connectivity index (χ0) is 27.1. The normalized spacial score (nSPS) is 30.0.